The van der Waals surface area contributed by atoms with E-state index in [1.165, 1.54) is 4.68 Å². The fourth-order valence-corrected chi connectivity index (χ4v) is 2.50. The van der Waals surface area contributed by atoms with E-state index < -0.39 is 13.2 Å². The van der Waals surface area contributed by atoms with Crippen molar-refractivity contribution in [3.8, 4) is 6.07 Å². The molecule has 0 radical (unpaired) electrons. The number of carbonyl (C=O) groups excluding carboxylic acids is 1. The summed E-state index contributed by atoms with van der Waals surface area (Å²) in [6.45, 7) is 0.277. The third kappa shape index (κ3) is 6.78. The van der Waals surface area contributed by atoms with E-state index in [1.54, 1.807) is 24.3 Å². The SMILES string of the molecule is N#Cc1ccc(CNC(=O)Cn2nnnc2C(N)CCCCB(O)O)cc1. The molecule has 0 spiro atoms. The number of nitrogens with zero attached hydrogens (tertiary/aromatic N) is 5. The predicted octanol–water partition coefficient (Wildman–Crippen LogP) is -0.496. The smallest absolute Gasteiger partial charge is 0.427 e. The lowest BCUT2D eigenvalue weighted by molar-refractivity contribution is -0.122. The van der Waals surface area contributed by atoms with E-state index in [-0.39, 0.29) is 18.8 Å². The van der Waals surface area contributed by atoms with Crippen molar-refractivity contribution < 1.29 is 14.8 Å². The number of hydrogen-bond acceptors (Lipinski definition) is 8. The van der Waals surface area contributed by atoms with Gasteiger partial charge in [-0.05, 0) is 40.9 Å². The number of tetrazole rings is 1. The first-order chi connectivity index (χ1) is 13.0. The number of amides is 1. The van der Waals surface area contributed by atoms with Crippen molar-refractivity contribution >= 4 is 13.0 Å². The number of nitrogens with two attached hydrogens (primary N) is 1. The van der Waals surface area contributed by atoms with Gasteiger partial charge in [0, 0.05) is 6.54 Å². The highest BCUT2D eigenvalue weighted by atomic mass is 16.4. The van der Waals surface area contributed by atoms with Crippen molar-refractivity contribution in [3.05, 3.63) is 41.2 Å². The van der Waals surface area contributed by atoms with Gasteiger partial charge >= 0.3 is 7.12 Å². The van der Waals surface area contributed by atoms with Crippen LogP contribution in [0.3, 0.4) is 0 Å². The average Bonchev–Trinajstić information content (AvgIpc) is 3.11. The second-order valence-corrected chi connectivity index (χ2v) is 6.15. The predicted molar refractivity (Wildman–Crippen MR) is 96.6 cm³/mol. The fourth-order valence-electron chi connectivity index (χ4n) is 2.50. The van der Waals surface area contributed by atoms with Crippen LogP contribution in [0.5, 0.6) is 0 Å². The number of carbonyl (C=O) groups is 1. The second-order valence-electron chi connectivity index (χ2n) is 6.15. The van der Waals surface area contributed by atoms with E-state index in [0.717, 1.165) is 5.56 Å². The summed E-state index contributed by atoms with van der Waals surface area (Å²) in [5.41, 5.74) is 7.52. The molecular formula is C16H22BN7O3. The molecule has 11 heteroatoms. The number of aromatic nitrogens is 4. The van der Waals surface area contributed by atoms with E-state index >= 15 is 0 Å². The molecule has 1 atom stereocenters. The van der Waals surface area contributed by atoms with Gasteiger partial charge in [-0.2, -0.15) is 5.26 Å². The number of hydrogen-bond donors (Lipinski definition) is 4. The quantitative estimate of drug-likeness (QED) is 0.321. The first-order valence-corrected chi connectivity index (χ1v) is 8.63. The van der Waals surface area contributed by atoms with Gasteiger partial charge in [0.2, 0.25) is 5.91 Å². The average molecular weight is 371 g/mol. The summed E-state index contributed by atoms with van der Waals surface area (Å²) in [5, 5.41) is 40.5. The molecule has 0 aliphatic carbocycles. The molecule has 1 aromatic heterocycles. The van der Waals surface area contributed by atoms with Crippen LogP contribution in [0, 0.1) is 11.3 Å². The Morgan fingerprint density at radius 1 is 1.33 bits per heavy atom. The van der Waals surface area contributed by atoms with Crippen molar-refractivity contribution in [3.63, 3.8) is 0 Å². The second kappa shape index (κ2) is 10.4. The molecule has 1 aromatic carbocycles. The molecule has 1 heterocycles. The highest BCUT2D eigenvalue weighted by molar-refractivity contribution is 6.40. The molecule has 0 saturated carbocycles. The van der Waals surface area contributed by atoms with Crippen LogP contribution in [-0.2, 0) is 17.9 Å². The van der Waals surface area contributed by atoms with Crippen LogP contribution >= 0.6 is 0 Å². The summed E-state index contributed by atoms with van der Waals surface area (Å²) in [6.07, 6.45) is 2.17. The van der Waals surface area contributed by atoms with Gasteiger partial charge in [-0.15, -0.1) is 5.10 Å². The molecule has 0 aliphatic heterocycles. The van der Waals surface area contributed by atoms with Crippen LogP contribution in [0.1, 0.15) is 42.3 Å². The van der Waals surface area contributed by atoms with Gasteiger partial charge in [-0.1, -0.05) is 25.0 Å². The lowest BCUT2D eigenvalue weighted by Gasteiger charge is -2.12. The third-order valence-electron chi connectivity index (χ3n) is 3.98. The van der Waals surface area contributed by atoms with E-state index in [4.69, 9.17) is 21.0 Å². The Morgan fingerprint density at radius 3 is 2.74 bits per heavy atom. The summed E-state index contributed by atoms with van der Waals surface area (Å²) < 4.78 is 1.36. The lowest BCUT2D eigenvalue weighted by Crippen LogP contribution is -2.29. The highest BCUT2D eigenvalue weighted by Gasteiger charge is 2.17. The van der Waals surface area contributed by atoms with Crippen molar-refractivity contribution in [2.45, 2.75) is 44.7 Å². The molecule has 5 N–H and O–H groups in total. The van der Waals surface area contributed by atoms with Crippen LogP contribution in [0.2, 0.25) is 6.32 Å². The Bertz CT molecular complexity index is 773. The van der Waals surface area contributed by atoms with Gasteiger partial charge < -0.3 is 21.1 Å². The number of unbranched alkanes of at least 4 members (excludes halogenated alkanes) is 1. The molecule has 0 bridgehead atoms. The topological polar surface area (TPSA) is 163 Å². The first kappa shape index (κ1) is 20.5. The fraction of sp³-hybridized carbons (Fsp3) is 0.438. The maximum atomic E-state index is 12.1. The molecular weight excluding hydrogens is 349 g/mol. The lowest BCUT2D eigenvalue weighted by atomic mass is 9.83. The zero-order chi connectivity index (χ0) is 19.6. The molecule has 0 saturated heterocycles. The monoisotopic (exact) mass is 371 g/mol. The van der Waals surface area contributed by atoms with Crippen molar-refractivity contribution in [2.24, 2.45) is 5.73 Å². The largest absolute Gasteiger partial charge is 0.451 e. The summed E-state index contributed by atoms with van der Waals surface area (Å²) in [7, 11) is -1.31. The van der Waals surface area contributed by atoms with Gasteiger partial charge in [-0.25, -0.2) is 4.68 Å². The van der Waals surface area contributed by atoms with Crippen LogP contribution in [0.25, 0.3) is 0 Å². The van der Waals surface area contributed by atoms with Gasteiger partial charge in [0.25, 0.3) is 0 Å². The third-order valence-corrected chi connectivity index (χ3v) is 3.98. The Kier molecular flexibility index (Phi) is 7.88. The molecule has 2 aromatic rings. The molecule has 10 nitrogen and oxygen atoms in total. The van der Waals surface area contributed by atoms with Crippen LogP contribution < -0.4 is 11.1 Å². The minimum atomic E-state index is -1.31. The standard InChI is InChI=1S/C16H22BN7O3/c18-9-12-4-6-13(7-5-12)10-20-15(25)11-24-16(21-22-23-24)14(19)3-1-2-8-17(26)27/h4-7,14,26-27H,1-3,8,10-11,19H2,(H,20,25). The minimum Gasteiger partial charge on any atom is -0.427 e. The van der Waals surface area contributed by atoms with Crippen molar-refractivity contribution in [1.82, 2.24) is 25.5 Å². The highest BCUT2D eigenvalue weighted by Crippen LogP contribution is 2.15. The van der Waals surface area contributed by atoms with E-state index in [1.807, 2.05) is 6.07 Å². The first-order valence-electron chi connectivity index (χ1n) is 8.63. The van der Waals surface area contributed by atoms with Gasteiger partial charge in [0.15, 0.2) is 5.82 Å². The van der Waals surface area contributed by atoms with Gasteiger partial charge in [-0.3, -0.25) is 4.79 Å². The summed E-state index contributed by atoms with van der Waals surface area (Å²) in [4.78, 5) is 12.1. The molecule has 142 valence electrons. The number of rotatable bonds is 10. The number of nitrogens with one attached hydrogen (secondary N) is 1. The Balaban J connectivity index is 1.81. The van der Waals surface area contributed by atoms with Gasteiger partial charge in [0.1, 0.15) is 6.54 Å². The summed E-state index contributed by atoms with van der Waals surface area (Å²) >= 11 is 0. The Morgan fingerprint density at radius 2 is 2.07 bits per heavy atom. The van der Waals surface area contributed by atoms with E-state index in [0.29, 0.717) is 37.2 Å². The maximum Gasteiger partial charge on any atom is 0.451 e. The summed E-state index contributed by atoms with van der Waals surface area (Å²) in [6, 6.07) is 8.53. The minimum absolute atomic E-state index is 0.0539. The zero-order valence-corrected chi connectivity index (χ0v) is 14.8. The van der Waals surface area contributed by atoms with Gasteiger partial charge in [0.05, 0.1) is 17.7 Å². The molecule has 1 unspecified atom stereocenters. The number of benzene rings is 1. The zero-order valence-electron chi connectivity index (χ0n) is 14.8. The Labute approximate surface area is 157 Å². The van der Waals surface area contributed by atoms with E-state index in [2.05, 4.69) is 20.8 Å². The molecule has 2 rings (SSSR count). The van der Waals surface area contributed by atoms with Crippen LogP contribution in [0.15, 0.2) is 24.3 Å². The normalized spacial score (nSPS) is 11.6. The van der Waals surface area contributed by atoms with Crippen LogP contribution in [-0.4, -0.2) is 43.3 Å². The van der Waals surface area contributed by atoms with E-state index in [9.17, 15) is 4.79 Å². The van der Waals surface area contributed by atoms with Crippen molar-refractivity contribution in [1.29, 1.82) is 5.26 Å². The maximum absolute atomic E-state index is 12.1. The molecule has 1 amide bonds. The number of nitriles is 1. The Hall–Kier alpha value is -2.81. The summed E-state index contributed by atoms with van der Waals surface area (Å²) in [5.74, 6) is 0.150. The molecule has 0 aliphatic rings. The van der Waals surface area contributed by atoms with Crippen molar-refractivity contribution in [2.75, 3.05) is 0 Å². The van der Waals surface area contributed by atoms with Crippen LogP contribution in [0.4, 0.5) is 0 Å². The molecule has 0 fully saturated rings. The molecule has 27 heavy (non-hydrogen) atoms.